The van der Waals surface area contributed by atoms with Crippen molar-refractivity contribution in [3.8, 4) is 11.5 Å². The molecule has 0 saturated carbocycles. The SMILES string of the molecule is CNCCOCCCOc1cccc(OC)c1. The largest absolute Gasteiger partial charge is 0.497 e. The highest BCUT2D eigenvalue weighted by Crippen LogP contribution is 2.18. The van der Waals surface area contributed by atoms with Gasteiger partial charge in [0.25, 0.3) is 0 Å². The summed E-state index contributed by atoms with van der Waals surface area (Å²) in [5.74, 6) is 1.65. The van der Waals surface area contributed by atoms with Crippen molar-refractivity contribution in [1.29, 1.82) is 0 Å². The monoisotopic (exact) mass is 239 g/mol. The van der Waals surface area contributed by atoms with Gasteiger partial charge < -0.3 is 19.5 Å². The molecule has 0 fully saturated rings. The predicted molar refractivity (Wildman–Crippen MR) is 67.9 cm³/mol. The first-order valence-electron chi connectivity index (χ1n) is 5.86. The molecule has 0 aliphatic carbocycles. The third kappa shape index (κ3) is 6.14. The molecule has 0 aromatic heterocycles. The number of hydrogen-bond acceptors (Lipinski definition) is 4. The van der Waals surface area contributed by atoms with Gasteiger partial charge in [0.1, 0.15) is 11.5 Å². The first-order chi connectivity index (χ1) is 8.36. The Labute approximate surface area is 103 Å². The summed E-state index contributed by atoms with van der Waals surface area (Å²) in [6.45, 7) is 3.02. The molecule has 4 heteroatoms. The summed E-state index contributed by atoms with van der Waals surface area (Å²) in [6, 6.07) is 7.61. The maximum Gasteiger partial charge on any atom is 0.122 e. The molecule has 0 amide bonds. The van der Waals surface area contributed by atoms with Crippen LogP contribution in [0, 0.1) is 0 Å². The van der Waals surface area contributed by atoms with Crippen molar-refractivity contribution in [1.82, 2.24) is 5.32 Å². The van der Waals surface area contributed by atoms with E-state index >= 15 is 0 Å². The van der Waals surface area contributed by atoms with E-state index < -0.39 is 0 Å². The van der Waals surface area contributed by atoms with Crippen LogP contribution in [0.3, 0.4) is 0 Å². The van der Waals surface area contributed by atoms with E-state index in [4.69, 9.17) is 14.2 Å². The molecule has 0 aliphatic heterocycles. The molecule has 96 valence electrons. The second kappa shape index (κ2) is 8.84. The van der Waals surface area contributed by atoms with Crippen LogP contribution >= 0.6 is 0 Å². The lowest BCUT2D eigenvalue weighted by atomic mass is 10.3. The maximum atomic E-state index is 5.58. The molecule has 4 nitrogen and oxygen atoms in total. The van der Waals surface area contributed by atoms with Crippen LogP contribution in [0.5, 0.6) is 11.5 Å². The average Bonchev–Trinajstić information content (AvgIpc) is 2.38. The zero-order valence-corrected chi connectivity index (χ0v) is 10.6. The molecule has 1 rings (SSSR count). The van der Waals surface area contributed by atoms with Crippen molar-refractivity contribution < 1.29 is 14.2 Å². The van der Waals surface area contributed by atoms with E-state index in [9.17, 15) is 0 Å². The lowest BCUT2D eigenvalue weighted by Gasteiger charge is -2.08. The quantitative estimate of drug-likeness (QED) is 0.666. The Morgan fingerprint density at radius 1 is 1.12 bits per heavy atom. The minimum Gasteiger partial charge on any atom is -0.497 e. The first-order valence-corrected chi connectivity index (χ1v) is 5.86. The number of hydrogen-bond donors (Lipinski definition) is 1. The highest BCUT2D eigenvalue weighted by atomic mass is 16.5. The van der Waals surface area contributed by atoms with E-state index in [1.54, 1.807) is 7.11 Å². The average molecular weight is 239 g/mol. The summed E-state index contributed by atoms with van der Waals surface area (Å²) in [7, 11) is 3.56. The molecule has 0 heterocycles. The van der Waals surface area contributed by atoms with Gasteiger partial charge in [-0.3, -0.25) is 0 Å². The summed E-state index contributed by atoms with van der Waals surface area (Å²) < 4.78 is 16.1. The smallest absolute Gasteiger partial charge is 0.122 e. The third-order valence-corrected chi connectivity index (χ3v) is 2.24. The van der Waals surface area contributed by atoms with Crippen LogP contribution in [0.25, 0.3) is 0 Å². The van der Waals surface area contributed by atoms with Crippen LogP contribution in [-0.4, -0.2) is 40.5 Å². The van der Waals surface area contributed by atoms with Crippen LogP contribution in [0.4, 0.5) is 0 Å². The zero-order chi connectivity index (χ0) is 12.3. The molecule has 1 N–H and O–H groups in total. The molecule has 0 atom stereocenters. The van der Waals surface area contributed by atoms with E-state index in [0.717, 1.165) is 37.7 Å². The van der Waals surface area contributed by atoms with Crippen molar-refractivity contribution >= 4 is 0 Å². The van der Waals surface area contributed by atoms with Gasteiger partial charge in [-0.05, 0) is 19.2 Å². The van der Waals surface area contributed by atoms with Gasteiger partial charge >= 0.3 is 0 Å². The van der Waals surface area contributed by atoms with E-state index in [2.05, 4.69) is 5.32 Å². The molecule has 0 spiro atoms. The lowest BCUT2D eigenvalue weighted by molar-refractivity contribution is 0.122. The van der Waals surface area contributed by atoms with Gasteiger partial charge in [0.15, 0.2) is 0 Å². The number of likely N-dealkylation sites (N-methyl/N-ethyl adjacent to an activating group) is 1. The van der Waals surface area contributed by atoms with Gasteiger partial charge in [-0.2, -0.15) is 0 Å². The number of nitrogens with one attached hydrogen (secondary N) is 1. The van der Waals surface area contributed by atoms with Gasteiger partial charge in [-0.25, -0.2) is 0 Å². The Kier molecular flexibility index (Phi) is 7.18. The van der Waals surface area contributed by atoms with Crippen LogP contribution in [-0.2, 0) is 4.74 Å². The second-order valence-electron chi connectivity index (χ2n) is 3.60. The number of rotatable bonds is 9. The predicted octanol–water partition coefficient (Wildman–Crippen LogP) is 1.70. The van der Waals surface area contributed by atoms with Crippen LogP contribution in [0.1, 0.15) is 6.42 Å². The minimum absolute atomic E-state index is 0.659. The summed E-state index contributed by atoms with van der Waals surface area (Å²) in [5, 5.41) is 3.03. The molecule has 0 unspecified atom stereocenters. The molecule has 0 bridgehead atoms. The molecule has 1 aromatic carbocycles. The van der Waals surface area contributed by atoms with Crippen molar-refractivity contribution in [3.63, 3.8) is 0 Å². The van der Waals surface area contributed by atoms with Crippen molar-refractivity contribution in [2.24, 2.45) is 0 Å². The topological polar surface area (TPSA) is 39.7 Å². The summed E-state index contributed by atoms with van der Waals surface area (Å²) in [4.78, 5) is 0. The van der Waals surface area contributed by atoms with Gasteiger partial charge in [-0.15, -0.1) is 0 Å². The molecular weight excluding hydrogens is 218 g/mol. The fourth-order valence-corrected chi connectivity index (χ4v) is 1.32. The van der Waals surface area contributed by atoms with Crippen LogP contribution in [0.15, 0.2) is 24.3 Å². The number of benzene rings is 1. The van der Waals surface area contributed by atoms with Crippen molar-refractivity contribution in [2.45, 2.75) is 6.42 Å². The fourth-order valence-electron chi connectivity index (χ4n) is 1.32. The Hall–Kier alpha value is -1.26. The summed E-state index contributed by atoms with van der Waals surface area (Å²) in [5.41, 5.74) is 0. The lowest BCUT2D eigenvalue weighted by Crippen LogP contribution is -2.15. The normalized spacial score (nSPS) is 10.2. The number of ether oxygens (including phenoxy) is 3. The summed E-state index contributed by atoms with van der Waals surface area (Å²) in [6.07, 6.45) is 0.890. The highest BCUT2D eigenvalue weighted by molar-refractivity contribution is 5.32. The third-order valence-electron chi connectivity index (χ3n) is 2.24. The van der Waals surface area contributed by atoms with Crippen molar-refractivity contribution in [3.05, 3.63) is 24.3 Å². The molecule has 1 aromatic rings. The van der Waals surface area contributed by atoms with Gasteiger partial charge in [0.05, 0.1) is 20.3 Å². The minimum atomic E-state index is 0.659. The Bertz CT molecular complexity index is 304. The van der Waals surface area contributed by atoms with Crippen LogP contribution in [0.2, 0.25) is 0 Å². The van der Waals surface area contributed by atoms with Gasteiger partial charge in [0, 0.05) is 25.6 Å². The summed E-state index contributed by atoms with van der Waals surface area (Å²) >= 11 is 0. The fraction of sp³-hybridized carbons (Fsp3) is 0.538. The van der Waals surface area contributed by atoms with E-state index in [-0.39, 0.29) is 0 Å². The molecule has 17 heavy (non-hydrogen) atoms. The molecule has 0 radical (unpaired) electrons. The van der Waals surface area contributed by atoms with E-state index in [1.165, 1.54) is 0 Å². The maximum absolute atomic E-state index is 5.58. The Morgan fingerprint density at radius 2 is 1.94 bits per heavy atom. The first kappa shape index (κ1) is 13.8. The molecule has 0 aliphatic rings. The van der Waals surface area contributed by atoms with Gasteiger partial charge in [-0.1, -0.05) is 6.07 Å². The highest BCUT2D eigenvalue weighted by Gasteiger charge is 1.96. The molecule has 0 saturated heterocycles. The molecular formula is C13H21NO3. The standard InChI is InChI=1S/C13H21NO3/c1-14-7-10-16-8-4-9-17-13-6-3-5-12(11-13)15-2/h3,5-6,11,14H,4,7-10H2,1-2H3. The zero-order valence-electron chi connectivity index (χ0n) is 10.6. The van der Waals surface area contributed by atoms with E-state index in [1.807, 2.05) is 31.3 Å². The second-order valence-corrected chi connectivity index (χ2v) is 3.60. The number of methoxy groups -OCH3 is 1. The Balaban J connectivity index is 2.09. The van der Waals surface area contributed by atoms with E-state index in [0.29, 0.717) is 6.61 Å². The van der Waals surface area contributed by atoms with Crippen molar-refractivity contribution in [2.75, 3.05) is 40.5 Å². The van der Waals surface area contributed by atoms with Crippen LogP contribution < -0.4 is 14.8 Å². The Morgan fingerprint density at radius 3 is 2.71 bits per heavy atom. The van der Waals surface area contributed by atoms with Gasteiger partial charge in [0.2, 0.25) is 0 Å².